The Balaban J connectivity index is 2.57. The molecule has 142 valence electrons. The fourth-order valence-corrected chi connectivity index (χ4v) is 3.65. The molecule has 2 N–H and O–H groups in total. The van der Waals surface area contributed by atoms with Gasteiger partial charge < -0.3 is 10.4 Å². The first-order chi connectivity index (χ1) is 11.6. The van der Waals surface area contributed by atoms with E-state index in [1.54, 1.807) is 0 Å². The van der Waals surface area contributed by atoms with E-state index in [1.807, 2.05) is 0 Å². The van der Waals surface area contributed by atoms with Crippen LogP contribution in [0.15, 0.2) is 12.1 Å². The first-order valence-corrected chi connectivity index (χ1v) is 9.44. The van der Waals surface area contributed by atoms with Gasteiger partial charge >= 0.3 is 0 Å². The summed E-state index contributed by atoms with van der Waals surface area (Å²) in [5, 5.41) is 14.3. The van der Waals surface area contributed by atoms with Crippen molar-refractivity contribution in [1.29, 1.82) is 0 Å². The van der Waals surface area contributed by atoms with E-state index in [4.69, 9.17) is 0 Å². The number of rotatable bonds is 4. The van der Waals surface area contributed by atoms with E-state index in [9.17, 15) is 9.50 Å². The lowest BCUT2D eigenvalue weighted by Gasteiger charge is -2.37. The summed E-state index contributed by atoms with van der Waals surface area (Å²) >= 11 is 0. The zero-order valence-corrected chi connectivity index (χ0v) is 16.7. The van der Waals surface area contributed by atoms with Crippen LogP contribution >= 0.6 is 0 Å². The molecule has 0 unspecified atom stereocenters. The molecule has 4 heteroatoms. The number of nitrogens with one attached hydrogen (secondary N) is 1. The third-order valence-corrected chi connectivity index (χ3v) is 5.11. The van der Waals surface area contributed by atoms with E-state index in [0.29, 0.717) is 12.2 Å². The van der Waals surface area contributed by atoms with Gasteiger partial charge in [-0.2, -0.15) is 0 Å². The van der Waals surface area contributed by atoms with Crippen LogP contribution in [0.25, 0.3) is 0 Å². The van der Waals surface area contributed by atoms with E-state index in [0.717, 1.165) is 42.9 Å². The molecule has 0 saturated carbocycles. The van der Waals surface area contributed by atoms with Gasteiger partial charge in [-0.1, -0.05) is 41.5 Å². The van der Waals surface area contributed by atoms with Crippen molar-refractivity contribution in [3.8, 4) is 5.75 Å². The van der Waals surface area contributed by atoms with Gasteiger partial charge in [-0.3, -0.25) is 9.29 Å². The Morgan fingerprint density at radius 2 is 1.52 bits per heavy atom. The lowest BCUT2D eigenvalue weighted by atomic mass is 9.77. The van der Waals surface area contributed by atoms with Crippen molar-refractivity contribution in [1.82, 2.24) is 10.2 Å². The third kappa shape index (κ3) is 4.73. The number of phenolic OH excluding ortho intramolecular Hbond substituents is 1. The highest BCUT2D eigenvalue weighted by Crippen LogP contribution is 2.42. The van der Waals surface area contributed by atoms with Gasteiger partial charge in [-0.25, -0.2) is 0 Å². The molecule has 0 spiro atoms. The quantitative estimate of drug-likeness (QED) is 0.850. The molecule has 1 aliphatic heterocycles. The first kappa shape index (κ1) is 20.2. The summed E-state index contributed by atoms with van der Waals surface area (Å²) in [5.74, 6) is 0.392. The van der Waals surface area contributed by atoms with E-state index < -0.39 is 0 Å². The molecular weight excluding hydrogens is 315 g/mol. The number of alkyl halides is 1. The second kappa shape index (κ2) is 7.63. The molecule has 3 nitrogen and oxygen atoms in total. The van der Waals surface area contributed by atoms with E-state index in [1.165, 1.54) is 0 Å². The minimum absolute atomic E-state index is 0.0647. The number of hydrogen-bond acceptors (Lipinski definition) is 3. The number of phenols is 1. The van der Waals surface area contributed by atoms with E-state index in [-0.39, 0.29) is 23.5 Å². The van der Waals surface area contributed by atoms with Crippen LogP contribution in [0.1, 0.15) is 70.7 Å². The Hall–Kier alpha value is -1.13. The molecule has 2 rings (SSSR count). The molecule has 0 bridgehead atoms. The maximum atomic E-state index is 13.3. The fraction of sp³-hybridized carbons (Fsp3) is 0.714. The Morgan fingerprint density at radius 1 is 1.04 bits per heavy atom. The highest BCUT2D eigenvalue weighted by Gasteiger charge is 2.30. The third-order valence-electron chi connectivity index (χ3n) is 5.11. The van der Waals surface area contributed by atoms with Crippen LogP contribution in [0.2, 0.25) is 0 Å². The second-order valence-corrected chi connectivity index (χ2v) is 9.24. The zero-order valence-electron chi connectivity index (χ0n) is 16.7. The topological polar surface area (TPSA) is 35.5 Å². The second-order valence-electron chi connectivity index (χ2n) is 9.24. The van der Waals surface area contributed by atoms with E-state index >= 15 is 0 Å². The lowest BCUT2D eigenvalue weighted by Crippen LogP contribution is -2.45. The van der Waals surface area contributed by atoms with Crippen molar-refractivity contribution in [3.05, 3.63) is 28.8 Å². The Morgan fingerprint density at radius 3 is 1.92 bits per heavy atom. The average molecular weight is 351 g/mol. The summed E-state index contributed by atoms with van der Waals surface area (Å²) in [7, 11) is 0. The van der Waals surface area contributed by atoms with Crippen LogP contribution in [0.5, 0.6) is 5.75 Å². The molecule has 1 heterocycles. The molecule has 1 saturated heterocycles. The summed E-state index contributed by atoms with van der Waals surface area (Å²) in [5.41, 5.74) is 2.71. The molecule has 25 heavy (non-hydrogen) atoms. The number of aromatic hydroxyl groups is 1. The van der Waals surface area contributed by atoms with Gasteiger partial charge in [0.25, 0.3) is 0 Å². The van der Waals surface area contributed by atoms with Gasteiger partial charge in [-0.15, -0.1) is 0 Å². The number of halogens is 1. The standard InChI is InChI=1S/C21H35FN2O/c1-20(2,3)16-13-15(14-17(19(16)25)21(4,5)6)18(7-8-22)24-11-9-23-10-12-24/h13-14,18,23,25H,7-12H2,1-6H3/t18-/m1/s1. The molecule has 1 fully saturated rings. The maximum absolute atomic E-state index is 13.3. The lowest BCUT2D eigenvalue weighted by molar-refractivity contribution is 0.157. The van der Waals surface area contributed by atoms with Gasteiger partial charge in [-0.05, 0) is 46.1 Å². The Bertz CT molecular complexity index is 546. The number of piperazine rings is 1. The number of hydrogen-bond donors (Lipinski definition) is 2. The Kier molecular flexibility index (Phi) is 6.16. The van der Waals surface area contributed by atoms with Crippen molar-refractivity contribution in [3.63, 3.8) is 0 Å². The molecule has 1 aliphatic rings. The normalized spacial score (nSPS) is 18.4. The van der Waals surface area contributed by atoms with Crippen LogP contribution in [0.4, 0.5) is 4.39 Å². The Labute approximate surface area is 152 Å². The molecule has 1 aromatic rings. The van der Waals surface area contributed by atoms with Crippen LogP contribution < -0.4 is 5.32 Å². The molecule has 1 aromatic carbocycles. The maximum Gasteiger partial charge on any atom is 0.123 e. The highest BCUT2D eigenvalue weighted by atomic mass is 19.1. The highest BCUT2D eigenvalue weighted by molar-refractivity contribution is 5.50. The summed E-state index contributed by atoms with van der Waals surface area (Å²) in [4.78, 5) is 2.38. The predicted molar refractivity (Wildman–Crippen MR) is 103 cm³/mol. The smallest absolute Gasteiger partial charge is 0.123 e. The van der Waals surface area contributed by atoms with Crippen LogP contribution in [-0.2, 0) is 10.8 Å². The molecule has 1 atom stereocenters. The van der Waals surface area contributed by atoms with Crippen molar-refractivity contribution < 1.29 is 9.50 Å². The van der Waals surface area contributed by atoms with Gasteiger partial charge in [0.15, 0.2) is 0 Å². The molecule has 0 aromatic heterocycles. The molecule has 0 radical (unpaired) electrons. The van der Waals surface area contributed by atoms with E-state index in [2.05, 4.69) is 63.9 Å². The number of nitrogens with zero attached hydrogens (tertiary/aromatic N) is 1. The minimum atomic E-state index is -0.328. The van der Waals surface area contributed by atoms with Crippen LogP contribution in [0.3, 0.4) is 0 Å². The molecule has 0 amide bonds. The molecule has 0 aliphatic carbocycles. The summed E-state index contributed by atoms with van der Waals surface area (Å²) in [6.45, 7) is 16.1. The van der Waals surface area contributed by atoms with Gasteiger partial charge in [0.1, 0.15) is 5.75 Å². The van der Waals surface area contributed by atoms with Crippen molar-refractivity contribution in [2.45, 2.75) is 64.8 Å². The fourth-order valence-electron chi connectivity index (χ4n) is 3.65. The van der Waals surface area contributed by atoms with Crippen molar-refractivity contribution >= 4 is 0 Å². The van der Waals surface area contributed by atoms with Gasteiger partial charge in [0, 0.05) is 32.2 Å². The van der Waals surface area contributed by atoms with Crippen LogP contribution in [-0.4, -0.2) is 42.9 Å². The zero-order chi connectivity index (χ0) is 18.8. The first-order valence-electron chi connectivity index (χ1n) is 9.44. The van der Waals surface area contributed by atoms with Crippen molar-refractivity contribution in [2.24, 2.45) is 0 Å². The largest absolute Gasteiger partial charge is 0.507 e. The summed E-state index contributed by atoms with van der Waals surface area (Å²) < 4.78 is 13.3. The minimum Gasteiger partial charge on any atom is -0.507 e. The number of benzene rings is 1. The van der Waals surface area contributed by atoms with Crippen molar-refractivity contribution in [2.75, 3.05) is 32.9 Å². The van der Waals surface area contributed by atoms with Crippen LogP contribution in [0, 0.1) is 0 Å². The van der Waals surface area contributed by atoms with Gasteiger partial charge in [0.05, 0.1) is 6.67 Å². The molecular formula is C21H35FN2O. The predicted octanol–water partition coefficient (Wildman–Crippen LogP) is 4.29. The SMILES string of the molecule is CC(C)(C)c1cc([C@@H](CCF)N2CCNCC2)cc(C(C)(C)C)c1O. The monoisotopic (exact) mass is 350 g/mol. The van der Waals surface area contributed by atoms with Gasteiger partial charge in [0.2, 0.25) is 0 Å². The summed E-state index contributed by atoms with van der Waals surface area (Å²) in [6.07, 6.45) is 0.498. The average Bonchev–Trinajstić information content (AvgIpc) is 2.51. The summed E-state index contributed by atoms with van der Waals surface area (Å²) in [6, 6.07) is 4.27.